The van der Waals surface area contributed by atoms with Gasteiger partial charge in [0, 0.05) is 0 Å². The molecule has 0 spiro atoms. The highest BCUT2D eigenvalue weighted by atomic mass is 16.3. The van der Waals surface area contributed by atoms with Crippen LogP contribution in [0, 0.1) is 5.41 Å². The van der Waals surface area contributed by atoms with Crippen LogP contribution in [-0.2, 0) is 12.0 Å². The fourth-order valence-electron chi connectivity index (χ4n) is 3.13. The molecule has 3 nitrogen and oxygen atoms in total. The van der Waals surface area contributed by atoms with Crippen LogP contribution < -0.4 is 5.43 Å². The van der Waals surface area contributed by atoms with E-state index in [-0.39, 0.29) is 22.9 Å². The zero-order valence-corrected chi connectivity index (χ0v) is 13.5. The molecule has 0 unspecified atom stereocenters. The summed E-state index contributed by atoms with van der Waals surface area (Å²) in [5, 5.41) is 9.74. The van der Waals surface area contributed by atoms with Gasteiger partial charge in [-0.1, -0.05) is 40.7 Å². The third-order valence-corrected chi connectivity index (χ3v) is 3.77. The molecule has 2 rings (SSSR count). The summed E-state index contributed by atoms with van der Waals surface area (Å²) in [6.07, 6.45) is 2.35. The lowest BCUT2D eigenvalue weighted by atomic mass is 9.72. The van der Waals surface area contributed by atoms with E-state index in [0.717, 1.165) is 12.0 Å². The number of aliphatic hydroxyl groups is 1. The highest BCUT2D eigenvalue weighted by Crippen LogP contribution is 2.36. The Balaban J connectivity index is 2.56. The molecule has 1 heterocycles. The third-order valence-electron chi connectivity index (χ3n) is 3.77. The van der Waals surface area contributed by atoms with Crippen LogP contribution in [0.5, 0.6) is 0 Å². The standard InChI is InChI=1S/C18H24O3/c1-17(2,3)11-18(4,5)13-6-7-15-14(8-13)16(20)12(9-19)10-21-15/h6-8,10,19H,9,11H2,1-5H3. The average Bonchev–Trinajstić information content (AvgIpc) is 2.36. The van der Waals surface area contributed by atoms with Crippen molar-refractivity contribution in [1.29, 1.82) is 0 Å². The van der Waals surface area contributed by atoms with E-state index in [0.29, 0.717) is 16.5 Å². The van der Waals surface area contributed by atoms with E-state index in [2.05, 4.69) is 34.6 Å². The van der Waals surface area contributed by atoms with Crippen molar-refractivity contribution in [2.45, 2.75) is 53.1 Å². The first-order chi connectivity index (χ1) is 9.64. The molecule has 0 saturated carbocycles. The first-order valence-corrected chi connectivity index (χ1v) is 7.30. The molecular formula is C18H24O3. The van der Waals surface area contributed by atoms with Crippen molar-refractivity contribution in [2.75, 3.05) is 0 Å². The molecule has 1 aromatic carbocycles. The fourth-order valence-corrected chi connectivity index (χ4v) is 3.13. The van der Waals surface area contributed by atoms with Crippen LogP contribution in [0.15, 0.2) is 33.7 Å². The predicted octanol–water partition coefficient (Wildman–Crippen LogP) is 4.00. The normalized spacial score (nSPS) is 12.9. The predicted molar refractivity (Wildman–Crippen MR) is 85.5 cm³/mol. The second-order valence-electron chi connectivity index (χ2n) is 7.58. The van der Waals surface area contributed by atoms with E-state index in [1.54, 1.807) is 0 Å². The number of hydrogen-bond donors (Lipinski definition) is 1. The van der Waals surface area contributed by atoms with Crippen molar-refractivity contribution in [1.82, 2.24) is 0 Å². The molecule has 1 aromatic heterocycles. The molecule has 1 N–H and O–H groups in total. The maximum atomic E-state index is 12.3. The molecule has 0 aliphatic rings. The SMILES string of the molecule is CC(C)(C)CC(C)(C)c1ccc2occ(CO)c(=O)c2c1. The van der Waals surface area contributed by atoms with Crippen molar-refractivity contribution in [3.8, 4) is 0 Å². The van der Waals surface area contributed by atoms with Gasteiger partial charge in [-0.15, -0.1) is 0 Å². The van der Waals surface area contributed by atoms with Gasteiger partial charge in [0.2, 0.25) is 0 Å². The van der Waals surface area contributed by atoms with Crippen molar-refractivity contribution < 1.29 is 9.52 Å². The Labute approximate surface area is 125 Å². The van der Waals surface area contributed by atoms with Gasteiger partial charge in [0.15, 0.2) is 5.43 Å². The lowest BCUT2D eigenvalue weighted by Gasteiger charge is -2.33. The Morgan fingerprint density at radius 3 is 2.38 bits per heavy atom. The van der Waals surface area contributed by atoms with Crippen molar-refractivity contribution in [2.24, 2.45) is 5.41 Å². The largest absolute Gasteiger partial charge is 0.464 e. The van der Waals surface area contributed by atoms with Gasteiger partial charge >= 0.3 is 0 Å². The van der Waals surface area contributed by atoms with E-state index in [1.165, 1.54) is 6.26 Å². The quantitative estimate of drug-likeness (QED) is 0.928. The molecule has 0 bridgehead atoms. The summed E-state index contributed by atoms with van der Waals surface area (Å²) in [5.74, 6) is 0. The van der Waals surface area contributed by atoms with Gasteiger partial charge in [0.05, 0.1) is 17.6 Å². The van der Waals surface area contributed by atoms with Crippen LogP contribution in [0.25, 0.3) is 11.0 Å². The second kappa shape index (κ2) is 5.30. The van der Waals surface area contributed by atoms with Gasteiger partial charge in [-0.05, 0) is 34.9 Å². The number of benzene rings is 1. The minimum Gasteiger partial charge on any atom is -0.464 e. The summed E-state index contributed by atoms with van der Waals surface area (Å²) < 4.78 is 5.42. The second-order valence-corrected chi connectivity index (χ2v) is 7.58. The number of rotatable bonds is 3. The molecule has 0 saturated heterocycles. The van der Waals surface area contributed by atoms with Crippen molar-refractivity contribution in [3.05, 3.63) is 45.8 Å². The van der Waals surface area contributed by atoms with Crippen LogP contribution in [0.3, 0.4) is 0 Å². The lowest BCUT2D eigenvalue weighted by molar-refractivity contribution is 0.277. The summed E-state index contributed by atoms with van der Waals surface area (Å²) in [7, 11) is 0. The number of fused-ring (bicyclic) bond motifs is 1. The molecule has 0 radical (unpaired) electrons. The molecule has 0 atom stereocenters. The molecule has 114 valence electrons. The van der Waals surface area contributed by atoms with Gasteiger partial charge in [-0.2, -0.15) is 0 Å². The molecule has 3 heteroatoms. The smallest absolute Gasteiger partial charge is 0.198 e. The molecule has 2 aromatic rings. The summed E-state index contributed by atoms with van der Waals surface area (Å²) in [6.45, 7) is 10.7. The maximum Gasteiger partial charge on any atom is 0.198 e. The minimum atomic E-state index is -0.298. The van der Waals surface area contributed by atoms with Crippen LogP contribution in [0.4, 0.5) is 0 Å². The van der Waals surface area contributed by atoms with E-state index < -0.39 is 0 Å². The Morgan fingerprint density at radius 1 is 1.14 bits per heavy atom. The first kappa shape index (κ1) is 15.8. The highest BCUT2D eigenvalue weighted by molar-refractivity contribution is 5.78. The van der Waals surface area contributed by atoms with Crippen LogP contribution in [0.2, 0.25) is 0 Å². The summed E-state index contributed by atoms with van der Waals surface area (Å²) >= 11 is 0. The molecule has 0 fully saturated rings. The third kappa shape index (κ3) is 3.35. The molecule has 0 amide bonds. The van der Waals surface area contributed by atoms with E-state index in [9.17, 15) is 9.90 Å². The Morgan fingerprint density at radius 2 is 1.81 bits per heavy atom. The van der Waals surface area contributed by atoms with E-state index >= 15 is 0 Å². The monoisotopic (exact) mass is 288 g/mol. The summed E-state index contributed by atoms with van der Waals surface area (Å²) in [4.78, 5) is 12.3. The number of hydrogen-bond acceptors (Lipinski definition) is 3. The van der Waals surface area contributed by atoms with Crippen LogP contribution >= 0.6 is 0 Å². The topological polar surface area (TPSA) is 50.4 Å². The Bertz CT molecular complexity index is 702. The molecule has 0 aliphatic carbocycles. The summed E-state index contributed by atoms with van der Waals surface area (Å²) in [6, 6.07) is 5.78. The Hall–Kier alpha value is -1.61. The molecule has 0 aliphatic heterocycles. The van der Waals surface area contributed by atoms with Crippen LogP contribution in [0.1, 0.15) is 52.2 Å². The zero-order chi connectivity index (χ0) is 15.8. The van der Waals surface area contributed by atoms with Gasteiger partial charge in [-0.25, -0.2) is 0 Å². The molecular weight excluding hydrogens is 264 g/mol. The summed E-state index contributed by atoms with van der Waals surface area (Å²) in [5.41, 5.74) is 2.00. The van der Waals surface area contributed by atoms with Crippen molar-refractivity contribution in [3.63, 3.8) is 0 Å². The van der Waals surface area contributed by atoms with Gasteiger partial charge < -0.3 is 9.52 Å². The van der Waals surface area contributed by atoms with Crippen LogP contribution in [-0.4, -0.2) is 5.11 Å². The molecule has 21 heavy (non-hydrogen) atoms. The fraction of sp³-hybridized carbons (Fsp3) is 0.500. The minimum absolute atomic E-state index is 0.0336. The average molecular weight is 288 g/mol. The van der Waals surface area contributed by atoms with E-state index in [4.69, 9.17) is 4.42 Å². The Kier molecular flexibility index (Phi) is 3.98. The zero-order valence-electron chi connectivity index (χ0n) is 13.5. The first-order valence-electron chi connectivity index (χ1n) is 7.30. The van der Waals surface area contributed by atoms with Gasteiger partial charge in [0.25, 0.3) is 0 Å². The maximum absolute atomic E-state index is 12.3. The van der Waals surface area contributed by atoms with Gasteiger partial charge in [-0.3, -0.25) is 4.79 Å². The van der Waals surface area contributed by atoms with Crippen molar-refractivity contribution >= 4 is 11.0 Å². The van der Waals surface area contributed by atoms with Gasteiger partial charge in [0.1, 0.15) is 11.8 Å². The number of aliphatic hydroxyl groups excluding tert-OH is 1. The highest BCUT2D eigenvalue weighted by Gasteiger charge is 2.27. The van der Waals surface area contributed by atoms with E-state index in [1.807, 2.05) is 18.2 Å². The lowest BCUT2D eigenvalue weighted by Crippen LogP contribution is -2.25.